The van der Waals surface area contributed by atoms with Gasteiger partial charge in [-0.2, -0.15) is 0 Å². The first kappa shape index (κ1) is 14.8. The first-order valence-electron chi connectivity index (χ1n) is 8.32. The van der Waals surface area contributed by atoms with E-state index in [2.05, 4.69) is 11.9 Å². The predicted octanol–water partition coefficient (Wildman–Crippen LogP) is 3.92. The largest absolute Gasteiger partial charge is 0.486 e. The summed E-state index contributed by atoms with van der Waals surface area (Å²) < 4.78 is 11.4. The van der Waals surface area contributed by atoms with Crippen LogP contribution in [0.5, 0.6) is 11.5 Å². The highest BCUT2D eigenvalue weighted by Gasteiger charge is 2.18. The van der Waals surface area contributed by atoms with Crippen LogP contribution in [0, 0.1) is 0 Å². The predicted molar refractivity (Wildman–Crippen MR) is 95.0 cm³/mol. The number of pyridine rings is 1. The second kappa shape index (κ2) is 6.04. The van der Waals surface area contributed by atoms with Crippen molar-refractivity contribution in [1.82, 2.24) is 4.98 Å². The molecule has 1 aromatic heterocycles. The maximum Gasteiger partial charge on any atom is 0.256 e. The standard InChI is InChI=1S/C20H19NO3/c1-2-6-14-15-11-17-18(24-10-9-23-17)12-16(15)21-20(22)19(14)13-7-4-3-5-8-13/h3-5,7-8,11-12H,2,6,9-10H2,1H3,(H,21,22). The molecule has 3 aromatic rings. The van der Waals surface area contributed by atoms with E-state index in [0.717, 1.165) is 46.2 Å². The second-order valence-electron chi connectivity index (χ2n) is 5.97. The first-order valence-corrected chi connectivity index (χ1v) is 8.32. The van der Waals surface area contributed by atoms with Gasteiger partial charge in [-0.3, -0.25) is 4.79 Å². The van der Waals surface area contributed by atoms with Crippen molar-refractivity contribution in [2.24, 2.45) is 0 Å². The number of rotatable bonds is 3. The molecule has 1 N–H and O–H groups in total. The molecule has 1 aliphatic rings. The average molecular weight is 321 g/mol. The normalized spacial score (nSPS) is 13.2. The van der Waals surface area contributed by atoms with Gasteiger partial charge in [0.25, 0.3) is 5.56 Å². The fourth-order valence-electron chi connectivity index (χ4n) is 3.32. The summed E-state index contributed by atoms with van der Waals surface area (Å²) >= 11 is 0. The molecule has 24 heavy (non-hydrogen) atoms. The molecular weight excluding hydrogens is 302 g/mol. The second-order valence-corrected chi connectivity index (χ2v) is 5.97. The van der Waals surface area contributed by atoms with Gasteiger partial charge in [-0.15, -0.1) is 0 Å². The van der Waals surface area contributed by atoms with Crippen LogP contribution >= 0.6 is 0 Å². The van der Waals surface area contributed by atoms with Gasteiger partial charge in [0.1, 0.15) is 13.2 Å². The molecule has 0 saturated carbocycles. The SMILES string of the molecule is CCCc1c(-c2ccccc2)c(=O)[nH]c2cc3c(cc12)OCCO3. The Balaban J connectivity index is 2.04. The number of fused-ring (bicyclic) bond motifs is 2. The van der Waals surface area contributed by atoms with Crippen LogP contribution in [0.3, 0.4) is 0 Å². The van der Waals surface area contributed by atoms with E-state index in [0.29, 0.717) is 19.0 Å². The van der Waals surface area contributed by atoms with Gasteiger partial charge in [-0.05, 0) is 23.6 Å². The van der Waals surface area contributed by atoms with Crippen LogP contribution in [-0.4, -0.2) is 18.2 Å². The van der Waals surface area contributed by atoms with Crippen molar-refractivity contribution < 1.29 is 9.47 Å². The van der Waals surface area contributed by atoms with Gasteiger partial charge >= 0.3 is 0 Å². The zero-order chi connectivity index (χ0) is 16.5. The maximum atomic E-state index is 12.8. The molecule has 2 aromatic carbocycles. The highest BCUT2D eigenvalue weighted by atomic mass is 16.6. The zero-order valence-electron chi connectivity index (χ0n) is 13.6. The van der Waals surface area contributed by atoms with Gasteiger partial charge in [0.2, 0.25) is 0 Å². The molecule has 4 heteroatoms. The molecule has 0 fully saturated rings. The summed E-state index contributed by atoms with van der Waals surface area (Å²) in [6.07, 6.45) is 1.80. The smallest absolute Gasteiger partial charge is 0.256 e. The number of benzene rings is 2. The molecule has 0 radical (unpaired) electrons. The summed E-state index contributed by atoms with van der Waals surface area (Å²) in [6.45, 7) is 3.21. The number of H-pyrrole nitrogens is 1. The minimum Gasteiger partial charge on any atom is -0.486 e. The summed E-state index contributed by atoms with van der Waals surface area (Å²) in [5, 5.41) is 1.03. The van der Waals surface area contributed by atoms with Crippen molar-refractivity contribution in [2.45, 2.75) is 19.8 Å². The van der Waals surface area contributed by atoms with Crippen molar-refractivity contribution in [3.8, 4) is 22.6 Å². The Morgan fingerprint density at radius 1 is 1.04 bits per heavy atom. The highest BCUT2D eigenvalue weighted by molar-refractivity contribution is 5.91. The third kappa shape index (κ3) is 2.44. The van der Waals surface area contributed by atoms with E-state index in [1.165, 1.54) is 0 Å². The van der Waals surface area contributed by atoms with Crippen LogP contribution < -0.4 is 15.0 Å². The number of ether oxygens (including phenoxy) is 2. The van der Waals surface area contributed by atoms with Gasteiger partial charge in [0.05, 0.1) is 11.1 Å². The zero-order valence-corrected chi connectivity index (χ0v) is 13.6. The fourth-order valence-corrected chi connectivity index (χ4v) is 3.32. The molecule has 0 unspecified atom stereocenters. The van der Waals surface area contributed by atoms with Crippen molar-refractivity contribution in [1.29, 1.82) is 0 Å². The molecule has 0 amide bonds. The summed E-state index contributed by atoms with van der Waals surface area (Å²) in [6, 6.07) is 13.7. The molecule has 0 spiro atoms. The third-order valence-electron chi connectivity index (χ3n) is 4.35. The number of nitrogens with one attached hydrogen (secondary N) is 1. The van der Waals surface area contributed by atoms with Crippen LogP contribution in [-0.2, 0) is 6.42 Å². The minimum atomic E-state index is -0.0613. The summed E-state index contributed by atoms with van der Waals surface area (Å²) in [4.78, 5) is 15.8. The maximum absolute atomic E-state index is 12.8. The Morgan fingerprint density at radius 3 is 2.46 bits per heavy atom. The number of aryl methyl sites for hydroxylation is 1. The van der Waals surface area contributed by atoms with Gasteiger partial charge in [0.15, 0.2) is 11.5 Å². The third-order valence-corrected chi connectivity index (χ3v) is 4.35. The summed E-state index contributed by atoms with van der Waals surface area (Å²) in [7, 11) is 0. The Morgan fingerprint density at radius 2 is 1.75 bits per heavy atom. The van der Waals surface area contributed by atoms with Crippen LogP contribution in [0.2, 0.25) is 0 Å². The summed E-state index contributed by atoms with van der Waals surface area (Å²) in [5.74, 6) is 1.44. The number of hydrogen-bond donors (Lipinski definition) is 1. The lowest BCUT2D eigenvalue weighted by Crippen LogP contribution is -2.17. The van der Waals surface area contributed by atoms with Crippen LogP contribution in [0.25, 0.3) is 22.0 Å². The minimum absolute atomic E-state index is 0.0613. The molecule has 2 heterocycles. The first-order chi connectivity index (χ1) is 11.8. The topological polar surface area (TPSA) is 51.3 Å². The van der Waals surface area contributed by atoms with E-state index >= 15 is 0 Å². The van der Waals surface area contributed by atoms with Crippen LogP contribution in [0.1, 0.15) is 18.9 Å². The number of aromatic nitrogens is 1. The number of hydrogen-bond acceptors (Lipinski definition) is 3. The quantitative estimate of drug-likeness (QED) is 0.795. The Bertz CT molecular complexity index is 944. The van der Waals surface area contributed by atoms with Crippen LogP contribution in [0.15, 0.2) is 47.3 Å². The molecule has 0 bridgehead atoms. The van der Waals surface area contributed by atoms with E-state index in [4.69, 9.17) is 9.47 Å². The molecule has 122 valence electrons. The molecule has 4 nitrogen and oxygen atoms in total. The van der Waals surface area contributed by atoms with E-state index in [1.54, 1.807) is 0 Å². The van der Waals surface area contributed by atoms with E-state index in [1.807, 2.05) is 42.5 Å². The van der Waals surface area contributed by atoms with Crippen molar-refractivity contribution >= 4 is 10.9 Å². The molecule has 1 aliphatic heterocycles. The Kier molecular flexibility index (Phi) is 3.73. The fraction of sp³-hybridized carbons (Fsp3) is 0.250. The van der Waals surface area contributed by atoms with Gasteiger partial charge in [0, 0.05) is 11.5 Å². The van der Waals surface area contributed by atoms with Crippen LogP contribution in [0.4, 0.5) is 0 Å². The van der Waals surface area contributed by atoms with E-state index in [9.17, 15) is 4.79 Å². The van der Waals surface area contributed by atoms with Crippen molar-refractivity contribution in [2.75, 3.05) is 13.2 Å². The lowest BCUT2D eigenvalue weighted by molar-refractivity contribution is 0.172. The number of aromatic amines is 1. The molecule has 4 rings (SSSR count). The molecular formula is C20H19NO3. The molecule has 0 saturated heterocycles. The lowest BCUT2D eigenvalue weighted by Gasteiger charge is -2.20. The van der Waals surface area contributed by atoms with E-state index < -0.39 is 0 Å². The highest BCUT2D eigenvalue weighted by Crippen LogP contribution is 2.37. The monoisotopic (exact) mass is 321 g/mol. The average Bonchev–Trinajstić information content (AvgIpc) is 2.61. The van der Waals surface area contributed by atoms with Gasteiger partial charge < -0.3 is 14.5 Å². The Hall–Kier alpha value is -2.75. The molecule has 0 aliphatic carbocycles. The van der Waals surface area contributed by atoms with Gasteiger partial charge in [-0.1, -0.05) is 43.7 Å². The van der Waals surface area contributed by atoms with Crippen molar-refractivity contribution in [3.63, 3.8) is 0 Å². The lowest BCUT2D eigenvalue weighted by atomic mass is 9.94. The molecule has 0 atom stereocenters. The summed E-state index contributed by atoms with van der Waals surface area (Å²) in [5.41, 5.74) is 3.50. The van der Waals surface area contributed by atoms with Gasteiger partial charge in [-0.25, -0.2) is 0 Å². The van der Waals surface area contributed by atoms with Crippen molar-refractivity contribution in [3.05, 3.63) is 58.4 Å². The van der Waals surface area contributed by atoms with E-state index in [-0.39, 0.29) is 5.56 Å². The Labute approximate surface area is 140 Å².